The number of nitriles is 1. The van der Waals surface area contributed by atoms with E-state index in [1.165, 1.54) is 24.3 Å². The molecule has 4 rings (SSSR count). The topological polar surface area (TPSA) is 73.4 Å². The molecule has 2 aromatic carbocycles. The van der Waals surface area contributed by atoms with Gasteiger partial charge in [-0.15, -0.1) is 0 Å². The van der Waals surface area contributed by atoms with Crippen LogP contribution in [0.4, 0.5) is 10.3 Å². The number of amides is 1. The third-order valence-corrected chi connectivity index (χ3v) is 5.33. The fourth-order valence-corrected chi connectivity index (χ4v) is 3.54. The van der Waals surface area contributed by atoms with Crippen LogP contribution in [0.1, 0.15) is 27.5 Å². The molecule has 31 heavy (non-hydrogen) atoms. The molecule has 0 aliphatic carbocycles. The maximum Gasteiger partial charge on any atom is 0.253 e. The van der Waals surface area contributed by atoms with E-state index >= 15 is 0 Å². The van der Waals surface area contributed by atoms with Crippen LogP contribution in [0.25, 0.3) is 12.2 Å². The number of benzene rings is 2. The standard InChI is InChI=1S/C23H18ClFN4O2/c24-19-4-2-1-3-16(19)7-10-21-27-20(15-26)23(31-21)29-13-11-28(12-14-29)22(30)17-5-8-18(25)9-6-17/h1-10H,11-14H2/b10-7+. The molecule has 1 aliphatic heterocycles. The molecule has 3 aromatic rings. The van der Waals surface area contributed by atoms with Gasteiger partial charge in [0.15, 0.2) is 0 Å². The van der Waals surface area contributed by atoms with E-state index in [4.69, 9.17) is 16.0 Å². The van der Waals surface area contributed by atoms with Crippen LogP contribution in [0.5, 0.6) is 0 Å². The van der Waals surface area contributed by atoms with Gasteiger partial charge in [-0.1, -0.05) is 29.8 Å². The Morgan fingerprint density at radius 2 is 1.81 bits per heavy atom. The van der Waals surface area contributed by atoms with Gasteiger partial charge in [0.1, 0.15) is 11.9 Å². The van der Waals surface area contributed by atoms with Crippen molar-refractivity contribution in [2.75, 3.05) is 31.1 Å². The minimum atomic E-state index is -0.380. The molecular formula is C23H18ClFN4O2. The van der Waals surface area contributed by atoms with Gasteiger partial charge in [-0.05, 0) is 42.0 Å². The molecule has 0 N–H and O–H groups in total. The van der Waals surface area contributed by atoms with Gasteiger partial charge < -0.3 is 14.2 Å². The predicted molar refractivity (Wildman–Crippen MR) is 116 cm³/mol. The van der Waals surface area contributed by atoms with Crippen molar-refractivity contribution < 1.29 is 13.6 Å². The summed E-state index contributed by atoms with van der Waals surface area (Å²) in [7, 11) is 0. The average Bonchev–Trinajstić information content (AvgIpc) is 3.22. The third-order valence-electron chi connectivity index (χ3n) is 4.99. The predicted octanol–water partition coefficient (Wildman–Crippen LogP) is 4.47. The number of halogens is 2. The first-order chi connectivity index (χ1) is 15.0. The molecule has 6 nitrogen and oxygen atoms in total. The van der Waals surface area contributed by atoms with Crippen LogP contribution >= 0.6 is 11.6 Å². The van der Waals surface area contributed by atoms with Crippen LogP contribution in [0.15, 0.2) is 52.9 Å². The molecule has 0 atom stereocenters. The molecule has 0 bridgehead atoms. The van der Waals surface area contributed by atoms with Crippen LogP contribution in [0.2, 0.25) is 5.02 Å². The molecule has 1 fully saturated rings. The molecule has 8 heteroatoms. The Bertz CT molecular complexity index is 1160. The lowest BCUT2D eigenvalue weighted by molar-refractivity contribution is 0.0745. The quantitative estimate of drug-likeness (QED) is 0.603. The molecule has 1 amide bonds. The molecular weight excluding hydrogens is 419 g/mol. The number of oxazole rings is 1. The Labute approximate surface area is 183 Å². The number of piperazine rings is 1. The maximum absolute atomic E-state index is 13.1. The van der Waals surface area contributed by atoms with E-state index in [-0.39, 0.29) is 17.4 Å². The van der Waals surface area contributed by atoms with Gasteiger partial charge >= 0.3 is 0 Å². The molecule has 1 aromatic heterocycles. The highest BCUT2D eigenvalue weighted by Crippen LogP contribution is 2.25. The first kappa shape index (κ1) is 20.6. The largest absolute Gasteiger partial charge is 0.420 e. The number of anilines is 1. The Morgan fingerprint density at radius 1 is 1.10 bits per heavy atom. The third kappa shape index (κ3) is 4.60. The fraction of sp³-hybridized carbons (Fsp3) is 0.174. The molecule has 0 unspecified atom stereocenters. The van der Waals surface area contributed by atoms with E-state index in [1.54, 1.807) is 23.1 Å². The lowest BCUT2D eigenvalue weighted by Gasteiger charge is -2.34. The molecule has 0 saturated carbocycles. The van der Waals surface area contributed by atoms with Crippen molar-refractivity contribution in [2.24, 2.45) is 0 Å². The van der Waals surface area contributed by atoms with E-state index in [2.05, 4.69) is 11.1 Å². The number of carbonyl (C=O) groups is 1. The molecule has 2 heterocycles. The van der Waals surface area contributed by atoms with E-state index in [1.807, 2.05) is 23.1 Å². The van der Waals surface area contributed by atoms with Crippen molar-refractivity contribution in [1.29, 1.82) is 5.26 Å². The van der Waals surface area contributed by atoms with Crippen molar-refractivity contribution in [2.45, 2.75) is 0 Å². The summed E-state index contributed by atoms with van der Waals surface area (Å²) in [5, 5.41) is 10.1. The van der Waals surface area contributed by atoms with Crippen molar-refractivity contribution >= 4 is 35.5 Å². The lowest BCUT2D eigenvalue weighted by atomic mass is 10.2. The summed E-state index contributed by atoms with van der Waals surface area (Å²) in [6, 6.07) is 14.9. The van der Waals surface area contributed by atoms with Crippen LogP contribution in [-0.4, -0.2) is 42.0 Å². The normalized spacial score (nSPS) is 14.1. The number of hydrogen-bond acceptors (Lipinski definition) is 5. The Kier molecular flexibility index (Phi) is 6.01. The highest BCUT2D eigenvalue weighted by molar-refractivity contribution is 6.32. The fourth-order valence-electron chi connectivity index (χ4n) is 3.35. The van der Waals surface area contributed by atoms with Crippen LogP contribution < -0.4 is 4.90 Å². The zero-order valence-corrected chi connectivity index (χ0v) is 17.2. The van der Waals surface area contributed by atoms with Crippen LogP contribution in [0.3, 0.4) is 0 Å². The summed E-state index contributed by atoms with van der Waals surface area (Å²) in [5.74, 6) is 0.155. The number of rotatable bonds is 4. The summed E-state index contributed by atoms with van der Waals surface area (Å²) < 4.78 is 18.9. The highest BCUT2D eigenvalue weighted by Gasteiger charge is 2.26. The smallest absolute Gasteiger partial charge is 0.253 e. The van der Waals surface area contributed by atoms with Crippen molar-refractivity contribution in [3.63, 3.8) is 0 Å². The second kappa shape index (κ2) is 9.02. The minimum absolute atomic E-state index is 0.152. The number of carbonyl (C=O) groups excluding carboxylic acids is 1. The van der Waals surface area contributed by atoms with Crippen LogP contribution in [-0.2, 0) is 0 Å². The first-order valence-electron chi connectivity index (χ1n) is 9.68. The van der Waals surface area contributed by atoms with Gasteiger partial charge in [0.05, 0.1) is 0 Å². The maximum atomic E-state index is 13.1. The van der Waals surface area contributed by atoms with E-state index < -0.39 is 0 Å². The molecule has 1 aliphatic rings. The summed E-state index contributed by atoms with van der Waals surface area (Å²) in [5.41, 5.74) is 1.45. The Hall–Kier alpha value is -3.63. The van der Waals surface area contributed by atoms with Crippen LogP contribution in [0, 0.1) is 17.1 Å². The minimum Gasteiger partial charge on any atom is -0.420 e. The van der Waals surface area contributed by atoms with E-state index in [0.29, 0.717) is 48.5 Å². The summed E-state index contributed by atoms with van der Waals surface area (Å²) in [4.78, 5) is 20.4. The van der Waals surface area contributed by atoms with E-state index in [9.17, 15) is 14.4 Å². The van der Waals surface area contributed by atoms with Gasteiger partial charge in [0.25, 0.3) is 5.91 Å². The average molecular weight is 437 g/mol. The number of aromatic nitrogens is 1. The second-order valence-corrected chi connectivity index (χ2v) is 7.37. The number of hydrogen-bond donors (Lipinski definition) is 0. The first-order valence-corrected chi connectivity index (χ1v) is 10.1. The molecule has 156 valence electrons. The SMILES string of the molecule is N#Cc1nc(/C=C/c2ccccc2Cl)oc1N1CCN(C(=O)c2ccc(F)cc2)CC1. The van der Waals surface area contributed by atoms with Gasteiger partial charge in [0, 0.05) is 42.8 Å². The van der Waals surface area contributed by atoms with E-state index in [0.717, 1.165) is 5.56 Å². The molecule has 0 spiro atoms. The molecule has 0 radical (unpaired) electrons. The highest BCUT2D eigenvalue weighted by atomic mass is 35.5. The van der Waals surface area contributed by atoms with Crippen molar-refractivity contribution in [3.05, 3.63) is 82.1 Å². The Balaban J connectivity index is 1.45. The number of nitrogens with zero attached hydrogens (tertiary/aromatic N) is 4. The zero-order chi connectivity index (χ0) is 21.8. The van der Waals surface area contributed by atoms with Gasteiger partial charge in [-0.3, -0.25) is 4.79 Å². The Morgan fingerprint density at radius 3 is 2.48 bits per heavy atom. The van der Waals surface area contributed by atoms with Gasteiger partial charge in [0.2, 0.25) is 17.5 Å². The van der Waals surface area contributed by atoms with Gasteiger partial charge in [-0.25, -0.2) is 4.39 Å². The van der Waals surface area contributed by atoms with Gasteiger partial charge in [-0.2, -0.15) is 10.2 Å². The zero-order valence-electron chi connectivity index (χ0n) is 16.5. The lowest BCUT2D eigenvalue weighted by Crippen LogP contribution is -2.48. The second-order valence-electron chi connectivity index (χ2n) is 6.96. The summed E-state index contributed by atoms with van der Waals surface area (Å²) >= 11 is 6.15. The molecule has 1 saturated heterocycles. The summed E-state index contributed by atoms with van der Waals surface area (Å²) in [6.07, 6.45) is 3.44. The summed E-state index contributed by atoms with van der Waals surface area (Å²) in [6.45, 7) is 1.88. The van der Waals surface area contributed by atoms with Crippen molar-refractivity contribution in [3.8, 4) is 6.07 Å². The van der Waals surface area contributed by atoms with Crippen molar-refractivity contribution in [1.82, 2.24) is 9.88 Å². The monoisotopic (exact) mass is 436 g/mol.